The molecule has 1 atom stereocenters. The summed E-state index contributed by atoms with van der Waals surface area (Å²) in [6, 6.07) is 13.5. The average molecular weight is 348 g/mol. The van der Waals surface area contributed by atoms with Gasteiger partial charge in [-0.25, -0.2) is 0 Å². The van der Waals surface area contributed by atoms with Gasteiger partial charge in [0.05, 0.1) is 0 Å². The monoisotopic (exact) mass is 348 g/mol. The summed E-state index contributed by atoms with van der Waals surface area (Å²) in [5.41, 5.74) is 4.29. The van der Waals surface area contributed by atoms with E-state index < -0.39 is 0 Å². The van der Waals surface area contributed by atoms with Gasteiger partial charge in [-0.2, -0.15) is 0 Å². The van der Waals surface area contributed by atoms with E-state index in [9.17, 15) is 0 Å². The fraction of sp³-hybridized carbons (Fsp3) is 0.0667. The summed E-state index contributed by atoms with van der Waals surface area (Å²) in [5, 5.41) is 0. The van der Waals surface area contributed by atoms with E-state index in [4.69, 9.17) is 0 Å². The van der Waals surface area contributed by atoms with Crippen LogP contribution in [0.15, 0.2) is 52.3 Å². The van der Waals surface area contributed by atoms with Crippen LogP contribution >= 0.6 is 34.4 Å². The molecule has 1 aliphatic carbocycles. The first kappa shape index (κ1) is 10.2. The van der Waals surface area contributed by atoms with Gasteiger partial charge in [-0.15, -0.1) is 0 Å². The molecule has 0 saturated heterocycles. The molecule has 0 saturated carbocycles. The number of rotatable bonds is 0. The quantitative estimate of drug-likeness (QED) is 0.610. The standard InChI is InChI=1S/C15H9IS/c16-14-8-12-7-10-4-5-13(15(10)14)9-2-1-3-11(6-9)17-12/h1-8,13H. The second-order valence-corrected chi connectivity index (χ2v) is 6.73. The van der Waals surface area contributed by atoms with E-state index in [0.29, 0.717) is 5.92 Å². The Hall–Kier alpha value is -0.740. The summed E-state index contributed by atoms with van der Waals surface area (Å²) in [7, 11) is 0. The zero-order valence-corrected chi connectivity index (χ0v) is 12.0. The Bertz CT molecular complexity index is 658. The molecular formula is C15H9IS. The number of allylic oxidation sites excluding steroid dienone is 1. The van der Waals surface area contributed by atoms with Gasteiger partial charge in [0.1, 0.15) is 0 Å². The van der Waals surface area contributed by atoms with Crippen molar-refractivity contribution in [1.82, 2.24) is 0 Å². The predicted molar refractivity (Wildman–Crippen MR) is 80.6 cm³/mol. The summed E-state index contributed by atoms with van der Waals surface area (Å²) in [6.45, 7) is 0. The lowest BCUT2D eigenvalue weighted by Crippen LogP contribution is -1.98. The molecule has 2 heterocycles. The predicted octanol–water partition coefficient (Wildman–Crippen LogP) is 4.91. The Morgan fingerprint density at radius 2 is 2.00 bits per heavy atom. The van der Waals surface area contributed by atoms with E-state index >= 15 is 0 Å². The highest BCUT2D eigenvalue weighted by Gasteiger charge is 2.24. The van der Waals surface area contributed by atoms with Crippen molar-refractivity contribution >= 4 is 40.4 Å². The van der Waals surface area contributed by atoms with Gasteiger partial charge in [0, 0.05) is 19.3 Å². The molecule has 0 fully saturated rings. The van der Waals surface area contributed by atoms with Gasteiger partial charge >= 0.3 is 0 Å². The van der Waals surface area contributed by atoms with Crippen LogP contribution in [-0.4, -0.2) is 0 Å². The zero-order valence-electron chi connectivity index (χ0n) is 8.98. The molecule has 0 radical (unpaired) electrons. The van der Waals surface area contributed by atoms with Crippen LogP contribution in [0.1, 0.15) is 22.6 Å². The van der Waals surface area contributed by atoms with Crippen molar-refractivity contribution in [2.75, 3.05) is 0 Å². The normalized spacial score (nSPS) is 19.0. The van der Waals surface area contributed by atoms with Crippen molar-refractivity contribution < 1.29 is 0 Å². The maximum atomic E-state index is 2.47. The van der Waals surface area contributed by atoms with Crippen LogP contribution in [0.4, 0.5) is 0 Å². The molecule has 0 nitrogen and oxygen atoms in total. The maximum Gasteiger partial charge on any atom is 0.0289 e. The summed E-state index contributed by atoms with van der Waals surface area (Å²) in [6.07, 6.45) is 4.59. The fourth-order valence-electron chi connectivity index (χ4n) is 2.62. The molecule has 0 amide bonds. The van der Waals surface area contributed by atoms with E-state index in [0.717, 1.165) is 0 Å². The number of benzene rings is 2. The first-order valence-electron chi connectivity index (χ1n) is 5.61. The van der Waals surface area contributed by atoms with Gasteiger partial charge in [-0.3, -0.25) is 0 Å². The van der Waals surface area contributed by atoms with Crippen molar-refractivity contribution in [1.29, 1.82) is 0 Å². The minimum atomic E-state index is 0.449. The van der Waals surface area contributed by atoms with Gasteiger partial charge in [0.15, 0.2) is 0 Å². The third kappa shape index (κ3) is 1.50. The van der Waals surface area contributed by atoms with Crippen molar-refractivity contribution in [2.45, 2.75) is 15.7 Å². The van der Waals surface area contributed by atoms with Crippen molar-refractivity contribution in [3.63, 3.8) is 0 Å². The topological polar surface area (TPSA) is 0 Å². The summed E-state index contributed by atoms with van der Waals surface area (Å²) < 4.78 is 1.39. The lowest BCUT2D eigenvalue weighted by Gasteiger charge is -2.12. The summed E-state index contributed by atoms with van der Waals surface area (Å²) in [4.78, 5) is 2.69. The molecule has 0 aromatic heterocycles. The maximum absolute atomic E-state index is 2.47. The molecule has 0 N–H and O–H groups in total. The first-order valence-corrected chi connectivity index (χ1v) is 7.50. The highest BCUT2D eigenvalue weighted by atomic mass is 127. The molecule has 2 aliphatic heterocycles. The Balaban J connectivity index is 2.11. The van der Waals surface area contributed by atoms with Gasteiger partial charge < -0.3 is 0 Å². The number of halogens is 1. The van der Waals surface area contributed by atoms with E-state index in [1.54, 1.807) is 0 Å². The Kier molecular flexibility index (Phi) is 2.18. The SMILES string of the molecule is Ic1cc2cc3c1C(C=C3)c1cccc(c1)S2. The van der Waals surface area contributed by atoms with E-state index in [1.807, 2.05) is 11.8 Å². The average Bonchev–Trinajstić information content (AvgIpc) is 2.74. The van der Waals surface area contributed by atoms with E-state index in [2.05, 4.69) is 71.1 Å². The molecule has 82 valence electrons. The Morgan fingerprint density at radius 3 is 2.94 bits per heavy atom. The second-order valence-electron chi connectivity index (χ2n) is 4.42. The van der Waals surface area contributed by atoms with Crippen LogP contribution in [0.5, 0.6) is 0 Å². The second kappa shape index (κ2) is 3.62. The molecule has 2 heteroatoms. The minimum absolute atomic E-state index is 0.449. The van der Waals surface area contributed by atoms with Gasteiger partial charge in [0.25, 0.3) is 0 Å². The van der Waals surface area contributed by atoms with Gasteiger partial charge in [-0.05, 0) is 63.5 Å². The highest BCUT2D eigenvalue weighted by molar-refractivity contribution is 14.1. The lowest BCUT2D eigenvalue weighted by molar-refractivity contribution is 1.03. The van der Waals surface area contributed by atoms with Crippen molar-refractivity contribution in [3.05, 3.63) is 62.7 Å². The zero-order chi connectivity index (χ0) is 11.4. The molecule has 17 heavy (non-hydrogen) atoms. The number of fused-ring (bicyclic) bond motifs is 1. The number of hydrogen-bond donors (Lipinski definition) is 0. The highest BCUT2D eigenvalue weighted by Crippen LogP contribution is 2.44. The molecule has 5 rings (SSSR count). The molecule has 2 aromatic carbocycles. The van der Waals surface area contributed by atoms with Crippen LogP contribution in [0.2, 0.25) is 0 Å². The molecule has 0 spiro atoms. The van der Waals surface area contributed by atoms with Gasteiger partial charge in [-0.1, -0.05) is 36.0 Å². The van der Waals surface area contributed by atoms with Crippen molar-refractivity contribution in [2.24, 2.45) is 0 Å². The Morgan fingerprint density at radius 1 is 1.06 bits per heavy atom. The third-order valence-corrected chi connectivity index (χ3v) is 5.22. The smallest absolute Gasteiger partial charge is 0.0289 e. The summed E-state index contributed by atoms with van der Waals surface area (Å²) >= 11 is 4.33. The molecular weight excluding hydrogens is 339 g/mol. The first-order chi connectivity index (χ1) is 8.31. The summed E-state index contributed by atoms with van der Waals surface area (Å²) in [5.74, 6) is 0.449. The molecule has 6 bridgehead atoms. The van der Waals surface area contributed by atoms with Crippen LogP contribution in [0.3, 0.4) is 0 Å². The number of hydrogen-bond acceptors (Lipinski definition) is 1. The van der Waals surface area contributed by atoms with Crippen LogP contribution < -0.4 is 0 Å². The van der Waals surface area contributed by atoms with Gasteiger partial charge in [0.2, 0.25) is 0 Å². The van der Waals surface area contributed by atoms with E-state index in [1.165, 1.54) is 30.1 Å². The fourth-order valence-corrected chi connectivity index (χ4v) is 4.79. The Labute approximate surface area is 118 Å². The largest absolute Gasteiger partial charge is 0.0900 e. The lowest BCUT2D eigenvalue weighted by atomic mass is 9.93. The molecule has 2 aromatic rings. The van der Waals surface area contributed by atoms with E-state index in [-0.39, 0.29) is 0 Å². The van der Waals surface area contributed by atoms with Crippen LogP contribution in [0, 0.1) is 3.57 Å². The minimum Gasteiger partial charge on any atom is -0.0900 e. The molecule has 1 unspecified atom stereocenters. The van der Waals surface area contributed by atoms with Crippen molar-refractivity contribution in [3.8, 4) is 0 Å². The van der Waals surface area contributed by atoms with Crippen LogP contribution in [0.25, 0.3) is 6.08 Å². The third-order valence-electron chi connectivity index (χ3n) is 3.37. The molecule has 3 aliphatic rings. The van der Waals surface area contributed by atoms with Crippen LogP contribution in [-0.2, 0) is 0 Å².